The summed E-state index contributed by atoms with van der Waals surface area (Å²) in [6, 6.07) is 26.4. The fraction of sp³-hybridized carbons (Fsp3) is 0.161. The van der Waals surface area contributed by atoms with Crippen LogP contribution in [0.3, 0.4) is 0 Å². The number of nitrogens with zero attached hydrogens (tertiary/aromatic N) is 1. The molecule has 0 aromatic heterocycles. The first-order chi connectivity index (χ1) is 17.3. The first-order valence-electron chi connectivity index (χ1n) is 12.3. The van der Waals surface area contributed by atoms with Crippen molar-refractivity contribution in [2.75, 3.05) is 22.5 Å². The third kappa shape index (κ3) is 3.95. The van der Waals surface area contributed by atoms with Crippen LogP contribution < -0.4 is 10.2 Å². The predicted molar refractivity (Wildman–Crippen MR) is 157 cm³/mol. The zero-order valence-corrected chi connectivity index (χ0v) is 21.7. The minimum atomic E-state index is 0.182. The van der Waals surface area contributed by atoms with Crippen LogP contribution in [0.2, 0.25) is 0 Å². The van der Waals surface area contributed by atoms with Crippen LogP contribution in [0.5, 0.6) is 0 Å². The Morgan fingerprint density at radius 1 is 0.857 bits per heavy atom. The molecule has 4 heteroatoms. The summed E-state index contributed by atoms with van der Waals surface area (Å²) >= 11 is 1.86. The maximum Gasteiger partial charge on any atom is 0.213 e. The Hall–Kier alpha value is -3.08. The minimum absolute atomic E-state index is 0.182. The van der Waals surface area contributed by atoms with E-state index in [1.165, 1.54) is 47.7 Å². The Balaban J connectivity index is 1.21. The van der Waals surface area contributed by atoms with Gasteiger partial charge in [0, 0.05) is 22.2 Å². The summed E-state index contributed by atoms with van der Waals surface area (Å²) in [4.78, 5) is 5.25. The van der Waals surface area contributed by atoms with Gasteiger partial charge in [0.05, 0.1) is 21.6 Å². The van der Waals surface area contributed by atoms with Crippen molar-refractivity contribution in [1.29, 1.82) is 0 Å². The van der Waals surface area contributed by atoms with Gasteiger partial charge in [0.15, 0.2) is 4.90 Å². The SMILES string of the molecule is CCN1\C(=C/C=C/C=C/C2Nc3c(ccc4ccccc34)[S+]2CC)Sc2ccc3ccccc3c21. The van der Waals surface area contributed by atoms with Gasteiger partial charge in [0.1, 0.15) is 11.4 Å². The Bertz CT molecular complexity index is 1500. The smallest absolute Gasteiger partial charge is 0.213 e. The molecule has 0 fully saturated rings. The third-order valence-electron chi connectivity index (χ3n) is 6.75. The van der Waals surface area contributed by atoms with Gasteiger partial charge in [0.25, 0.3) is 0 Å². The van der Waals surface area contributed by atoms with E-state index in [1.54, 1.807) is 0 Å². The molecule has 6 rings (SSSR count). The molecule has 2 nitrogen and oxygen atoms in total. The lowest BCUT2D eigenvalue weighted by atomic mass is 10.1. The number of hydrogen-bond acceptors (Lipinski definition) is 3. The third-order valence-corrected chi connectivity index (χ3v) is 10.3. The molecule has 35 heavy (non-hydrogen) atoms. The van der Waals surface area contributed by atoms with E-state index in [9.17, 15) is 0 Å². The van der Waals surface area contributed by atoms with Crippen LogP contribution in [0, 0.1) is 0 Å². The van der Waals surface area contributed by atoms with Crippen molar-refractivity contribution in [3.8, 4) is 0 Å². The van der Waals surface area contributed by atoms with Gasteiger partial charge in [-0.2, -0.15) is 0 Å². The summed E-state index contributed by atoms with van der Waals surface area (Å²) in [5, 5.41) is 10.7. The Labute approximate surface area is 214 Å². The summed E-state index contributed by atoms with van der Waals surface area (Å²) in [5.74, 6) is 1.15. The number of anilines is 2. The number of fused-ring (bicyclic) bond motifs is 6. The molecule has 0 radical (unpaired) electrons. The molecule has 0 amide bonds. The molecule has 2 aliphatic rings. The van der Waals surface area contributed by atoms with Crippen LogP contribution in [0.15, 0.2) is 118 Å². The molecule has 0 saturated heterocycles. The molecule has 0 spiro atoms. The van der Waals surface area contributed by atoms with E-state index in [2.05, 4.69) is 127 Å². The van der Waals surface area contributed by atoms with E-state index in [-0.39, 0.29) is 10.9 Å². The van der Waals surface area contributed by atoms with Gasteiger partial charge in [-0.1, -0.05) is 84.6 Å². The first kappa shape index (κ1) is 22.4. The standard InChI is InChI=1S/C31H29N2S2/c1-3-33-29(34-26-20-18-23-13-9-11-15-25(23)31(26)33)17-7-5-6-16-28-32-30-24-14-10-8-12-22(24)19-21-27(30)35(28)4-2/h5-21,28,32H,3-4H2,1-2H3/q+1/b7-5+,16-6+,29-17+. The van der Waals surface area contributed by atoms with E-state index >= 15 is 0 Å². The maximum absolute atomic E-state index is 3.82. The van der Waals surface area contributed by atoms with Crippen LogP contribution in [-0.4, -0.2) is 17.7 Å². The second kappa shape index (κ2) is 9.52. The number of thioether (sulfide) groups is 1. The van der Waals surface area contributed by atoms with Crippen molar-refractivity contribution in [2.24, 2.45) is 0 Å². The van der Waals surface area contributed by atoms with Gasteiger partial charge in [-0.3, -0.25) is 0 Å². The zero-order valence-electron chi connectivity index (χ0n) is 20.1. The monoisotopic (exact) mass is 493 g/mol. The lowest BCUT2D eigenvalue weighted by Crippen LogP contribution is -2.21. The maximum atomic E-state index is 3.82. The number of allylic oxidation sites excluding steroid dienone is 4. The van der Waals surface area contributed by atoms with Gasteiger partial charge >= 0.3 is 0 Å². The van der Waals surface area contributed by atoms with Gasteiger partial charge in [-0.15, -0.1) is 0 Å². The highest BCUT2D eigenvalue weighted by atomic mass is 32.2. The lowest BCUT2D eigenvalue weighted by Gasteiger charge is -2.19. The molecular weight excluding hydrogens is 464 g/mol. The van der Waals surface area contributed by atoms with Crippen LogP contribution in [-0.2, 0) is 10.9 Å². The number of hydrogen-bond donors (Lipinski definition) is 1. The van der Waals surface area contributed by atoms with Gasteiger partial charge < -0.3 is 10.2 Å². The molecule has 174 valence electrons. The molecule has 2 atom stereocenters. The highest BCUT2D eigenvalue weighted by Gasteiger charge is 2.39. The Morgan fingerprint density at radius 2 is 1.60 bits per heavy atom. The summed E-state index contributed by atoms with van der Waals surface area (Å²) < 4.78 is 0. The number of nitrogens with one attached hydrogen (secondary N) is 1. The van der Waals surface area contributed by atoms with E-state index in [1.807, 2.05) is 11.8 Å². The van der Waals surface area contributed by atoms with Crippen molar-refractivity contribution in [3.05, 3.63) is 108 Å². The number of benzene rings is 4. The molecule has 4 aromatic rings. The molecule has 0 saturated carbocycles. The largest absolute Gasteiger partial charge is 0.335 e. The molecule has 1 N–H and O–H groups in total. The van der Waals surface area contributed by atoms with Gasteiger partial charge in [-0.05, 0) is 55.0 Å². The van der Waals surface area contributed by atoms with Gasteiger partial charge in [-0.25, -0.2) is 0 Å². The predicted octanol–water partition coefficient (Wildman–Crippen LogP) is 8.33. The van der Waals surface area contributed by atoms with Gasteiger partial charge in [0.2, 0.25) is 5.37 Å². The van der Waals surface area contributed by atoms with E-state index in [0.717, 1.165) is 12.3 Å². The second-order valence-corrected chi connectivity index (χ2v) is 12.1. The second-order valence-electron chi connectivity index (χ2n) is 8.70. The van der Waals surface area contributed by atoms with Crippen molar-refractivity contribution in [3.63, 3.8) is 0 Å². The lowest BCUT2D eigenvalue weighted by molar-refractivity contribution is 1.01. The molecular formula is C31H29N2S2+. The van der Waals surface area contributed by atoms with E-state index in [0.29, 0.717) is 5.37 Å². The highest BCUT2D eigenvalue weighted by molar-refractivity contribution is 8.03. The van der Waals surface area contributed by atoms with Crippen LogP contribution >= 0.6 is 11.8 Å². The normalized spacial score (nSPS) is 20.4. The Morgan fingerprint density at radius 3 is 2.40 bits per heavy atom. The summed E-state index contributed by atoms with van der Waals surface area (Å²) in [6.07, 6.45) is 11.1. The zero-order chi connectivity index (χ0) is 23.8. The summed E-state index contributed by atoms with van der Waals surface area (Å²) in [6.45, 7) is 5.49. The quantitative estimate of drug-likeness (QED) is 0.222. The van der Waals surface area contributed by atoms with Crippen molar-refractivity contribution < 1.29 is 0 Å². The Kier molecular flexibility index (Phi) is 6.09. The topological polar surface area (TPSA) is 15.3 Å². The van der Waals surface area contributed by atoms with E-state index in [4.69, 9.17) is 0 Å². The average Bonchev–Trinajstić information content (AvgIpc) is 3.46. The highest BCUT2D eigenvalue weighted by Crippen LogP contribution is 2.49. The van der Waals surface area contributed by atoms with Crippen LogP contribution in [0.25, 0.3) is 21.5 Å². The van der Waals surface area contributed by atoms with Crippen molar-refractivity contribution in [1.82, 2.24) is 0 Å². The van der Waals surface area contributed by atoms with Crippen molar-refractivity contribution in [2.45, 2.75) is 29.0 Å². The molecule has 2 heterocycles. The van der Waals surface area contributed by atoms with Crippen LogP contribution in [0.4, 0.5) is 11.4 Å². The van der Waals surface area contributed by atoms with Crippen LogP contribution in [0.1, 0.15) is 13.8 Å². The molecule has 0 bridgehead atoms. The van der Waals surface area contributed by atoms with E-state index < -0.39 is 0 Å². The minimum Gasteiger partial charge on any atom is -0.335 e. The number of rotatable bonds is 5. The average molecular weight is 494 g/mol. The summed E-state index contributed by atoms with van der Waals surface area (Å²) in [5.41, 5.74) is 2.66. The fourth-order valence-corrected chi connectivity index (χ4v) is 8.44. The first-order valence-corrected chi connectivity index (χ1v) is 14.6. The molecule has 2 unspecified atom stereocenters. The molecule has 2 aliphatic heterocycles. The fourth-order valence-electron chi connectivity index (χ4n) is 5.13. The molecule has 0 aliphatic carbocycles. The summed E-state index contributed by atoms with van der Waals surface area (Å²) in [7, 11) is 0.182. The molecule has 4 aromatic carbocycles. The van der Waals surface area contributed by atoms with Crippen molar-refractivity contribution >= 4 is 55.6 Å².